The van der Waals surface area contributed by atoms with Gasteiger partial charge in [0.05, 0.1) is 0 Å². The van der Waals surface area contributed by atoms with Gasteiger partial charge in [-0.25, -0.2) is 0 Å². The molecule has 0 unspecified atom stereocenters. The highest BCUT2D eigenvalue weighted by Gasteiger charge is 1.98. The van der Waals surface area contributed by atoms with E-state index in [2.05, 4.69) is 42.3 Å². The summed E-state index contributed by atoms with van der Waals surface area (Å²) in [6.45, 7) is 4.19. The fourth-order valence-corrected chi connectivity index (χ4v) is 1.46. The Kier molecular flexibility index (Phi) is 2.68. The number of anilines is 2. The lowest BCUT2D eigenvalue weighted by molar-refractivity contribution is 1.32. The molecule has 1 aromatic heterocycles. The molecule has 0 bridgehead atoms. The number of nitrogens with one attached hydrogen (secondary N) is 1. The molecule has 0 radical (unpaired) electrons. The molecule has 2 nitrogen and oxygen atoms in total. The summed E-state index contributed by atoms with van der Waals surface area (Å²) in [6, 6.07) is 10.3. The maximum atomic E-state index is 3.99. The maximum Gasteiger partial charge on any atom is 0.0416 e. The van der Waals surface area contributed by atoms with Crippen molar-refractivity contribution in [1.82, 2.24) is 4.98 Å². The molecule has 2 rings (SSSR count). The fraction of sp³-hybridized carbons (Fsp3) is 0.154. The predicted molar refractivity (Wildman–Crippen MR) is 63.4 cm³/mol. The van der Waals surface area contributed by atoms with Gasteiger partial charge < -0.3 is 5.32 Å². The van der Waals surface area contributed by atoms with Crippen LogP contribution in [0.1, 0.15) is 11.1 Å². The van der Waals surface area contributed by atoms with Crippen LogP contribution in [0.5, 0.6) is 0 Å². The van der Waals surface area contributed by atoms with Crippen LogP contribution >= 0.6 is 0 Å². The zero-order valence-corrected chi connectivity index (χ0v) is 8.99. The number of aryl methyl sites for hydroxylation is 2. The molecule has 0 aliphatic carbocycles. The fourth-order valence-electron chi connectivity index (χ4n) is 1.46. The van der Waals surface area contributed by atoms with E-state index in [1.54, 1.807) is 12.4 Å². The normalized spacial score (nSPS) is 10.0. The number of pyridine rings is 1. The zero-order valence-electron chi connectivity index (χ0n) is 8.99. The first kappa shape index (κ1) is 9.71. The summed E-state index contributed by atoms with van der Waals surface area (Å²) in [6.07, 6.45) is 3.57. The summed E-state index contributed by atoms with van der Waals surface area (Å²) in [5, 5.41) is 3.37. The van der Waals surface area contributed by atoms with Crippen LogP contribution in [0.4, 0.5) is 11.4 Å². The molecule has 1 N–H and O–H groups in total. The highest BCUT2D eigenvalue weighted by atomic mass is 14.9. The minimum Gasteiger partial charge on any atom is -0.355 e. The molecular weight excluding hydrogens is 184 g/mol. The second kappa shape index (κ2) is 4.13. The van der Waals surface area contributed by atoms with E-state index < -0.39 is 0 Å². The molecule has 2 heteroatoms. The molecule has 1 heterocycles. The van der Waals surface area contributed by atoms with Crippen LogP contribution in [-0.2, 0) is 0 Å². The van der Waals surface area contributed by atoms with Gasteiger partial charge in [-0.15, -0.1) is 0 Å². The van der Waals surface area contributed by atoms with Crippen molar-refractivity contribution in [3.63, 3.8) is 0 Å². The van der Waals surface area contributed by atoms with Crippen LogP contribution in [0.15, 0.2) is 42.7 Å². The van der Waals surface area contributed by atoms with Gasteiger partial charge >= 0.3 is 0 Å². The molecule has 0 fully saturated rings. The Hall–Kier alpha value is -1.83. The number of rotatable bonds is 2. The molecule has 0 aliphatic heterocycles. The Bertz CT molecular complexity index is 449. The van der Waals surface area contributed by atoms with Gasteiger partial charge in [0.25, 0.3) is 0 Å². The van der Waals surface area contributed by atoms with E-state index in [4.69, 9.17) is 0 Å². The second-order valence-corrected chi connectivity index (χ2v) is 3.68. The number of hydrogen-bond acceptors (Lipinski definition) is 2. The van der Waals surface area contributed by atoms with E-state index >= 15 is 0 Å². The third kappa shape index (κ3) is 2.34. The molecule has 15 heavy (non-hydrogen) atoms. The number of benzene rings is 1. The Morgan fingerprint density at radius 2 is 1.73 bits per heavy atom. The molecule has 76 valence electrons. The van der Waals surface area contributed by atoms with Gasteiger partial charge in [-0.3, -0.25) is 4.98 Å². The van der Waals surface area contributed by atoms with Gasteiger partial charge in [0.15, 0.2) is 0 Å². The Morgan fingerprint density at radius 3 is 2.47 bits per heavy atom. The number of hydrogen-bond donors (Lipinski definition) is 1. The standard InChI is InChI=1S/C13H14N2/c1-10-3-4-11(2)13(9-10)15-12-5-7-14-8-6-12/h3-9H,1-2H3,(H,14,15). The van der Waals surface area contributed by atoms with E-state index in [1.807, 2.05) is 12.1 Å². The van der Waals surface area contributed by atoms with Crippen molar-refractivity contribution in [2.45, 2.75) is 13.8 Å². The molecule has 0 saturated heterocycles. The Balaban J connectivity index is 2.28. The van der Waals surface area contributed by atoms with Crippen molar-refractivity contribution in [3.05, 3.63) is 53.9 Å². The third-order valence-corrected chi connectivity index (χ3v) is 2.35. The first-order valence-electron chi connectivity index (χ1n) is 5.00. The lowest BCUT2D eigenvalue weighted by Crippen LogP contribution is -1.93. The summed E-state index contributed by atoms with van der Waals surface area (Å²) in [5.41, 5.74) is 4.73. The van der Waals surface area contributed by atoms with Crippen LogP contribution in [0.3, 0.4) is 0 Å². The summed E-state index contributed by atoms with van der Waals surface area (Å²) in [7, 11) is 0. The van der Waals surface area contributed by atoms with Gasteiger partial charge in [0.1, 0.15) is 0 Å². The predicted octanol–water partition coefficient (Wildman–Crippen LogP) is 3.44. The van der Waals surface area contributed by atoms with Gasteiger partial charge in [-0.05, 0) is 43.2 Å². The van der Waals surface area contributed by atoms with Crippen LogP contribution in [0.25, 0.3) is 0 Å². The van der Waals surface area contributed by atoms with Crippen LogP contribution in [0, 0.1) is 13.8 Å². The zero-order chi connectivity index (χ0) is 10.7. The maximum absolute atomic E-state index is 3.99. The Morgan fingerprint density at radius 1 is 1.00 bits per heavy atom. The largest absolute Gasteiger partial charge is 0.355 e. The second-order valence-electron chi connectivity index (χ2n) is 3.68. The summed E-state index contributed by atoms with van der Waals surface area (Å²) in [4.78, 5) is 3.99. The smallest absolute Gasteiger partial charge is 0.0416 e. The van der Waals surface area contributed by atoms with Gasteiger partial charge in [-0.2, -0.15) is 0 Å². The average Bonchev–Trinajstić information content (AvgIpc) is 2.25. The summed E-state index contributed by atoms with van der Waals surface area (Å²) >= 11 is 0. The third-order valence-electron chi connectivity index (χ3n) is 2.35. The molecule has 2 aromatic rings. The molecule has 0 atom stereocenters. The minimum absolute atomic E-state index is 1.07. The summed E-state index contributed by atoms with van der Waals surface area (Å²) in [5.74, 6) is 0. The van der Waals surface area contributed by atoms with E-state index in [0.29, 0.717) is 0 Å². The molecule has 0 saturated carbocycles. The van der Waals surface area contributed by atoms with E-state index in [0.717, 1.165) is 11.4 Å². The van der Waals surface area contributed by atoms with Gasteiger partial charge in [0, 0.05) is 23.8 Å². The molecule has 1 aromatic carbocycles. The first-order valence-corrected chi connectivity index (χ1v) is 5.00. The van der Waals surface area contributed by atoms with Crippen LogP contribution in [-0.4, -0.2) is 4.98 Å². The SMILES string of the molecule is Cc1ccc(C)c(Nc2ccncc2)c1. The topological polar surface area (TPSA) is 24.9 Å². The number of aromatic nitrogens is 1. The van der Waals surface area contributed by atoms with Gasteiger partial charge in [-0.1, -0.05) is 12.1 Å². The quantitative estimate of drug-likeness (QED) is 0.799. The lowest BCUT2D eigenvalue weighted by Gasteiger charge is -2.09. The van der Waals surface area contributed by atoms with Crippen molar-refractivity contribution >= 4 is 11.4 Å². The van der Waals surface area contributed by atoms with Crippen molar-refractivity contribution < 1.29 is 0 Å². The molecule has 0 aliphatic rings. The molecular formula is C13H14N2. The van der Waals surface area contributed by atoms with E-state index in [-0.39, 0.29) is 0 Å². The molecule has 0 amide bonds. The van der Waals surface area contributed by atoms with Crippen molar-refractivity contribution in [2.24, 2.45) is 0 Å². The van der Waals surface area contributed by atoms with E-state index in [1.165, 1.54) is 11.1 Å². The number of nitrogens with zero attached hydrogens (tertiary/aromatic N) is 1. The highest BCUT2D eigenvalue weighted by molar-refractivity contribution is 5.63. The van der Waals surface area contributed by atoms with Crippen molar-refractivity contribution in [1.29, 1.82) is 0 Å². The molecule has 0 spiro atoms. The van der Waals surface area contributed by atoms with E-state index in [9.17, 15) is 0 Å². The van der Waals surface area contributed by atoms with Crippen LogP contribution in [0.2, 0.25) is 0 Å². The van der Waals surface area contributed by atoms with Crippen LogP contribution < -0.4 is 5.32 Å². The highest BCUT2D eigenvalue weighted by Crippen LogP contribution is 2.20. The Labute approximate surface area is 90.0 Å². The lowest BCUT2D eigenvalue weighted by atomic mass is 10.1. The minimum atomic E-state index is 1.07. The first-order chi connectivity index (χ1) is 7.25. The average molecular weight is 198 g/mol. The van der Waals surface area contributed by atoms with Crippen molar-refractivity contribution in [2.75, 3.05) is 5.32 Å². The monoisotopic (exact) mass is 198 g/mol. The van der Waals surface area contributed by atoms with Gasteiger partial charge in [0.2, 0.25) is 0 Å². The van der Waals surface area contributed by atoms with Crippen molar-refractivity contribution in [3.8, 4) is 0 Å². The summed E-state index contributed by atoms with van der Waals surface area (Å²) < 4.78 is 0.